The number of hydrogen-bond acceptors (Lipinski definition) is 10. The Hall–Kier alpha value is -4.93. The van der Waals surface area contributed by atoms with Crippen molar-refractivity contribution in [1.82, 2.24) is 0 Å². The predicted molar refractivity (Wildman–Crippen MR) is 217 cm³/mol. The highest BCUT2D eigenvalue weighted by Crippen LogP contribution is 2.36. The summed E-state index contributed by atoms with van der Waals surface area (Å²) in [4.78, 5) is 54.4. The number of unbranched alkanes of at least 4 members (excludes halogenated alkanes) is 9. The van der Waals surface area contributed by atoms with Crippen molar-refractivity contribution in [1.29, 1.82) is 0 Å². The average molecular weight is 781 g/mol. The van der Waals surface area contributed by atoms with E-state index >= 15 is 0 Å². The molecule has 0 saturated carbocycles. The van der Waals surface area contributed by atoms with Crippen molar-refractivity contribution in [3.05, 3.63) is 144 Å². The molecule has 0 N–H and O–H groups in total. The molecule has 0 amide bonds. The van der Waals surface area contributed by atoms with Crippen LogP contribution in [0.25, 0.3) is 0 Å². The van der Waals surface area contributed by atoms with Gasteiger partial charge in [0.1, 0.15) is 18.1 Å². The van der Waals surface area contributed by atoms with Crippen LogP contribution >= 0.6 is 11.8 Å². The number of ether oxygens (including phenoxy) is 5. The van der Waals surface area contributed by atoms with E-state index in [-0.39, 0.29) is 23.3 Å². The van der Waals surface area contributed by atoms with Gasteiger partial charge in [-0.2, -0.15) is 0 Å². The second-order valence-corrected chi connectivity index (χ2v) is 15.0. The Morgan fingerprint density at radius 2 is 0.857 bits per heavy atom. The van der Waals surface area contributed by atoms with E-state index in [0.29, 0.717) is 11.3 Å². The summed E-state index contributed by atoms with van der Waals surface area (Å²) >= 11 is 1.43. The topological polar surface area (TPSA) is 114 Å². The summed E-state index contributed by atoms with van der Waals surface area (Å²) in [6.45, 7) is 1.89. The fourth-order valence-corrected chi connectivity index (χ4v) is 7.67. The molecule has 0 aliphatic carbocycles. The Morgan fingerprint density at radius 1 is 0.482 bits per heavy atom. The number of rotatable bonds is 21. The van der Waals surface area contributed by atoms with Crippen LogP contribution < -0.4 is 0 Å². The normalized spacial score (nSPS) is 19.1. The molecule has 0 aromatic heterocycles. The third-order valence-corrected chi connectivity index (χ3v) is 10.7. The van der Waals surface area contributed by atoms with E-state index in [2.05, 4.69) is 6.92 Å². The van der Waals surface area contributed by atoms with E-state index < -0.39 is 53.7 Å². The zero-order valence-corrected chi connectivity index (χ0v) is 32.8. The van der Waals surface area contributed by atoms with Gasteiger partial charge >= 0.3 is 23.9 Å². The third kappa shape index (κ3) is 13.1. The molecule has 0 spiro atoms. The van der Waals surface area contributed by atoms with Gasteiger partial charge in [0.25, 0.3) is 0 Å². The zero-order valence-electron chi connectivity index (χ0n) is 32.0. The minimum Gasteiger partial charge on any atom is -0.459 e. The number of esters is 4. The summed E-state index contributed by atoms with van der Waals surface area (Å²) in [5, 5.41) is 0. The molecule has 1 aliphatic rings. The van der Waals surface area contributed by atoms with Crippen LogP contribution in [0, 0.1) is 0 Å². The third-order valence-electron chi connectivity index (χ3n) is 9.52. The standard InChI is InChI=1S/C46H52O9S/c1-2-3-4-5-6-7-8-9-10-23-32-56-46-41(55-45(50)37-30-21-14-22-31-37)40(54-44(49)36-28-19-13-20-29-36)39(53-43(48)35-26-17-12-18-27-35)38(52-46)33-51-42(47)34-24-15-11-16-25-34/h11-22,24-31,38-41,46H,2-10,23,32-33H2,1H3/t38-,39+,40+,41-,46+/m1/s1. The Bertz CT molecular complexity index is 1770. The highest BCUT2D eigenvalue weighted by molar-refractivity contribution is 7.99. The summed E-state index contributed by atoms with van der Waals surface area (Å²) in [5.74, 6) is -2.04. The van der Waals surface area contributed by atoms with Crippen LogP contribution in [0.3, 0.4) is 0 Å². The summed E-state index contributed by atoms with van der Waals surface area (Å²) in [5.41, 5.74) is 0.241. The number of carbonyl (C=O) groups is 4. The van der Waals surface area contributed by atoms with Crippen molar-refractivity contribution in [2.24, 2.45) is 0 Å². The molecule has 5 atom stereocenters. The highest BCUT2D eigenvalue weighted by atomic mass is 32.2. The minimum atomic E-state index is -1.35. The first-order valence-electron chi connectivity index (χ1n) is 19.7. The van der Waals surface area contributed by atoms with E-state index in [9.17, 15) is 19.2 Å². The number of benzene rings is 4. The van der Waals surface area contributed by atoms with Crippen LogP contribution in [0.5, 0.6) is 0 Å². The second-order valence-electron chi connectivity index (χ2n) is 13.8. The quantitative estimate of drug-likeness (QED) is 0.0460. The summed E-state index contributed by atoms with van der Waals surface area (Å²) in [7, 11) is 0. The van der Waals surface area contributed by atoms with Gasteiger partial charge in [0.15, 0.2) is 18.3 Å². The molecule has 1 aliphatic heterocycles. The van der Waals surface area contributed by atoms with Crippen LogP contribution in [0.4, 0.5) is 0 Å². The monoisotopic (exact) mass is 780 g/mol. The van der Waals surface area contributed by atoms with E-state index in [1.54, 1.807) is 121 Å². The molecule has 0 bridgehead atoms. The Kier molecular flexibility index (Phi) is 17.5. The van der Waals surface area contributed by atoms with Crippen LogP contribution in [0.1, 0.15) is 113 Å². The molecule has 1 saturated heterocycles. The van der Waals surface area contributed by atoms with Gasteiger partial charge in [-0.1, -0.05) is 138 Å². The van der Waals surface area contributed by atoms with Crippen molar-refractivity contribution >= 4 is 35.6 Å². The smallest absolute Gasteiger partial charge is 0.338 e. The number of hydrogen-bond donors (Lipinski definition) is 0. The average Bonchev–Trinajstić information content (AvgIpc) is 3.24. The maximum atomic E-state index is 13.8. The summed E-state index contributed by atoms with van der Waals surface area (Å²) < 4.78 is 30.9. The highest BCUT2D eigenvalue weighted by Gasteiger charge is 2.53. The van der Waals surface area contributed by atoms with Crippen molar-refractivity contribution in [2.75, 3.05) is 12.4 Å². The first kappa shape index (κ1) is 42.2. The Labute approximate surface area is 334 Å². The van der Waals surface area contributed by atoms with E-state index in [4.69, 9.17) is 23.7 Å². The lowest BCUT2D eigenvalue weighted by Crippen LogP contribution is -2.61. The molecular formula is C46H52O9S. The lowest BCUT2D eigenvalue weighted by molar-refractivity contribution is -0.207. The molecule has 56 heavy (non-hydrogen) atoms. The summed E-state index contributed by atoms with van der Waals surface area (Å²) in [6, 6.07) is 33.7. The molecule has 4 aromatic rings. The van der Waals surface area contributed by atoms with Gasteiger partial charge in [0.05, 0.1) is 22.3 Å². The van der Waals surface area contributed by atoms with Gasteiger partial charge in [-0.05, 0) is 60.7 Å². The van der Waals surface area contributed by atoms with Crippen molar-refractivity contribution < 1.29 is 42.9 Å². The maximum absolute atomic E-state index is 13.8. The molecule has 296 valence electrons. The van der Waals surface area contributed by atoms with Gasteiger partial charge in [0.2, 0.25) is 0 Å². The largest absolute Gasteiger partial charge is 0.459 e. The molecule has 0 unspecified atom stereocenters. The molecule has 4 aromatic carbocycles. The van der Waals surface area contributed by atoms with Gasteiger partial charge in [-0.3, -0.25) is 0 Å². The molecule has 0 radical (unpaired) electrons. The molecule has 10 heteroatoms. The van der Waals surface area contributed by atoms with E-state index in [1.807, 2.05) is 0 Å². The van der Waals surface area contributed by atoms with Crippen LogP contribution in [-0.2, 0) is 23.7 Å². The maximum Gasteiger partial charge on any atom is 0.338 e. The van der Waals surface area contributed by atoms with E-state index in [0.717, 1.165) is 19.3 Å². The van der Waals surface area contributed by atoms with Gasteiger partial charge in [-0.25, -0.2) is 19.2 Å². The zero-order chi connectivity index (χ0) is 39.4. The fraction of sp³-hybridized carbons (Fsp3) is 0.391. The molecule has 5 rings (SSSR count). The van der Waals surface area contributed by atoms with Crippen LogP contribution in [0.15, 0.2) is 121 Å². The molecule has 1 heterocycles. The van der Waals surface area contributed by atoms with E-state index in [1.165, 1.54) is 56.7 Å². The predicted octanol–water partition coefficient (Wildman–Crippen LogP) is 9.90. The Morgan fingerprint density at radius 3 is 1.30 bits per heavy atom. The van der Waals surface area contributed by atoms with Gasteiger partial charge < -0.3 is 23.7 Å². The fourth-order valence-electron chi connectivity index (χ4n) is 6.45. The van der Waals surface area contributed by atoms with Crippen molar-refractivity contribution in [3.8, 4) is 0 Å². The van der Waals surface area contributed by atoms with Crippen LogP contribution in [0.2, 0.25) is 0 Å². The molecule has 9 nitrogen and oxygen atoms in total. The van der Waals surface area contributed by atoms with Gasteiger partial charge in [0, 0.05) is 0 Å². The lowest BCUT2D eigenvalue weighted by atomic mass is 9.98. The summed E-state index contributed by atoms with van der Waals surface area (Å²) in [6.07, 6.45) is 6.78. The molecular weight excluding hydrogens is 729 g/mol. The first-order chi connectivity index (χ1) is 27.4. The SMILES string of the molecule is CCCCCCCCCCCCS[C@@H]1O[C@H](COC(=O)c2ccccc2)[C@H](OC(=O)c2ccccc2)[C@H](OC(=O)c2ccccc2)[C@H]1OC(=O)c1ccccc1. The Balaban J connectivity index is 1.42. The lowest BCUT2D eigenvalue weighted by Gasteiger charge is -2.44. The van der Waals surface area contributed by atoms with Gasteiger partial charge in [-0.15, -0.1) is 11.8 Å². The number of carbonyl (C=O) groups excluding carboxylic acids is 4. The second kappa shape index (κ2) is 23.2. The van der Waals surface area contributed by atoms with Crippen LogP contribution in [-0.4, -0.2) is 66.1 Å². The van der Waals surface area contributed by atoms with Crippen molar-refractivity contribution in [2.45, 2.75) is 101 Å². The minimum absolute atomic E-state index is 0.246. The van der Waals surface area contributed by atoms with Crippen molar-refractivity contribution in [3.63, 3.8) is 0 Å². The first-order valence-corrected chi connectivity index (χ1v) is 20.8. The molecule has 1 fully saturated rings. The number of thioether (sulfide) groups is 1.